The first kappa shape index (κ1) is 22.9. The van der Waals surface area contributed by atoms with E-state index in [0.717, 1.165) is 37.4 Å². The van der Waals surface area contributed by atoms with Crippen LogP contribution in [0.2, 0.25) is 0 Å². The molecule has 3 atom stereocenters. The molecule has 0 bridgehead atoms. The Kier molecular flexibility index (Phi) is 7.80. The third-order valence-corrected chi connectivity index (χ3v) is 6.18. The Morgan fingerprint density at radius 2 is 1.81 bits per heavy atom. The van der Waals surface area contributed by atoms with Gasteiger partial charge in [-0.2, -0.15) is 0 Å². The maximum absolute atomic E-state index is 12.4. The minimum atomic E-state index is -0.114. The fourth-order valence-electron chi connectivity index (χ4n) is 4.58. The summed E-state index contributed by atoms with van der Waals surface area (Å²) < 4.78 is 11.2. The quantitative estimate of drug-likeness (QED) is 0.608. The van der Waals surface area contributed by atoms with Crippen molar-refractivity contribution < 1.29 is 19.2 Å². The molecule has 0 saturated heterocycles. The summed E-state index contributed by atoms with van der Waals surface area (Å²) in [6, 6.07) is 13.0. The molecule has 0 spiro atoms. The highest BCUT2D eigenvalue weighted by molar-refractivity contribution is 5.74. The molecular weight excluding hydrogens is 390 g/mol. The van der Waals surface area contributed by atoms with E-state index in [2.05, 4.69) is 60.9 Å². The van der Waals surface area contributed by atoms with Gasteiger partial charge >= 0.3 is 6.03 Å². The van der Waals surface area contributed by atoms with Crippen LogP contribution in [0.4, 0.5) is 4.79 Å². The lowest BCUT2D eigenvalue weighted by molar-refractivity contribution is -0.948. The number of ether oxygens (including phenoxy) is 2. The molecule has 3 N–H and O–H groups in total. The van der Waals surface area contributed by atoms with Crippen molar-refractivity contribution in [2.24, 2.45) is 0 Å². The van der Waals surface area contributed by atoms with Crippen molar-refractivity contribution in [3.8, 4) is 11.5 Å². The summed E-state index contributed by atoms with van der Waals surface area (Å²) in [4.78, 5) is 13.9. The van der Waals surface area contributed by atoms with E-state index >= 15 is 0 Å². The molecule has 2 amide bonds. The van der Waals surface area contributed by atoms with Crippen molar-refractivity contribution in [1.29, 1.82) is 0 Å². The number of methoxy groups -OCH3 is 2. The molecule has 0 aromatic heterocycles. The molecule has 31 heavy (non-hydrogen) atoms. The Morgan fingerprint density at radius 1 is 1.13 bits per heavy atom. The Labute approximate surface area is 185 Å². The van der Waals surface area contributed by atoms with Crippen LogP contribution in [0.1, 0.15) is 48.6 Å². The van der Waals surface area contributed by atoms with Crippen LogP contribution in [0.25, 0.3) is 0 Å². The van der Waals surface area contributed by atoms with Gasteiger partial charge in [-0.3, -0.25) is 0 Å². The number of hydrogen-bond donors (Lipinski definition) is 3. The van der Waals surface area contributed by atoms with Crippen molar-refractivity contribution in [3.63, 3.8) is 0 Å². The average Bonchev–Trinajstić information content (AvgIpc) is 2.78. The summed E-state index contributed by atoms with van der Waals surface area (Å²) in [6.07, 6.45) is 1.80. The van der Waals surface area contributed by atoms with E-state index in [1.54, 1.807) is 14.2 Å². The molecule has 1 heterocycles. The molecule has 0 radical (unpaired) electrons. The number of carbonyl (C=O) groups is 1. The highest BCUT2D eigenvalue weighted by atomic mass is 16.5. The van der Waals surface area contributed by atoms with Gasteiger partial charge in [0.15, 0.2) is 11.5 Å². The summed E-state index contributed by atoms with van der Waals surface area (Å²) >= 11 is 0. The topological polar surface area (TPSA) is 64.0 Å². The maximum Gasteiger partial charge on any atom is 0.315 e. The summed E-state index contributed by atoms with van der Waals surface area (Å²) in [5.41, 5.74) is 5.07. The van der Waals surface area contributed by atoms with Crippen LogP contribution in [-0.2, 0) is 13.0 Å². The standard InChI is InChI=1S/C25H35N3O3/c1-6-21(27-25(29)26-7-2)24-20-15-23(31-5)22(30-4)14-19(20)12-13-28(24)16-18-10-8-17(3)9-11-18/h8-11,14-15,21,24H,6-7,12-13,16H2,1-5H3,(H2,26,27,29)/p+1/t21-,24+/m1/s1. The van der Waals surface area contributed by atoms with Gasteiger partial charge in [0, 0.05) is 24.1 Å². The fraction of sp³-hybridized carbons (Fsp3) is 0.480. The second-order valence-electron chi connectivity index (χ2n) is 8.22. The number of quaternary nitrogens is 1. The number of hydrogen-bond acceptors (Lipinski definition) is 3. The predicted octanol–water partition coefficient (Wildman–Crippen LogP) is 2.79. The third-order valence-electron chi connectivity index (χ3n) is 6.18. The molecule has 2 aromatic carbocycles. The van der Waals surface area contributed by atoms with Gasteiger partial charge in [0.1, 0.15) is 12.6 Å². The molecule has 168 valence electrons. The van der Waals surface area contributed by atoms with E-state index in [-0.39, 0.29) is 18.1 Å². The Hall–Kier alpha value is -2.73. The van der Waals surface area contributed by atoms with Crippen LogP contribution in [0, 0.1) is 6.92 Å². The molecule has 2 aromatic rings. The SMILES string of the molecule is CCNC(=O)N[C@H](CC)[C@@H]1c2cc(OC)c(OC)cc2CC[NH+]1Cc1ccc(C)cc1. The van der Waals surface area contributed by atoms with E-state index < -0.39 is 0 Å². The van der Waals surface area contributed by atoms with Crippen molar-refractivity contribution >= 4 is 6.03 Å². The zero-order valence-electron chi connectivity index (χ0n) is 19.4. The first-order valence-corrected chi connectivity index (χ1v) is 11.2. The van der Waals surface area contributed by atoms with Crippen LogP contribution >= 0.6 is 0 Å². The molecule has 0 fully saturated rings. The van der Waals surface area contributed by atoms with Crippen LogP contribution in [-0.4, -0.2) is 39.4 Å². The third kappa shape index (κ3) is 5.31. The molecule has 6 nitrogen and oxygen atoms in total. The second kappa shape index (κ2) is 10.5. The van der Waals surface area contributed by atoms with Crippen molar-refractivity contribution in [3.05, 3.63) is 58.7 Å². The average molecular weight is 427 g/mol. The van der Waals surface area contributed by atoms with Gasteiger partial charge in [-0.15, -0.1) is 0 Å². The number of urea groups is 1. The van der Waals surface area contributed by atoms with Gasteiger partial charge in [-0.1, -0.05) is 36.8 Å². The molecule has 3 rings (SSSR count). The highest BCUT2D eigenvalue weighted by Gasteiger charge is 2.38. The van der Waals surface area contributed by atoms with Crippen LogP contribution in [0.5, 0.6) is 11.5 Å². The van der Waals surface area contributed by atoms with Crippen LogP contribution in [0.15, 0.2) is 36.4 Å². The fourth-order valence-corrected chi connectivity index (χ4v) is 4.58. The van der Waals surface area contributed by atoms with Gasteiger partial charge in [-0.25, -0.2) is 4.79 Å². The predicted molar refractivity (Wildman–Crippen MR) is 123 cm³/mol. The van der Waals surface area contributed by atoms with Gasteiger partial charge in [-0.05, 0) is 38.0 Å². The Morgan fingerprint density at radius 3 is 2.42 bits per heavy atom. The van der Waals surface area contributed by atoms with Gasteiger partial charge in [0.25, 0.3) is 0 Å². The van der Waals surface area contributed by atoms with Crippen LogP contribution in [0.3, 0.4) is 0 Å². The minimum absolute atomic E-state index is 0.00384. The Bertz CT molecular complexity index is 882. The molecule has 1 aliphatic heterocycles. The lowest BCUT2D eigenvalue weighted by atomic mass is 9.86. The Balaban J connectivity index is 2.00. The summed E-state index contributed by atoms with van der Waals surface area (Å²) in [6.45, 7) is 8.69. The molecule has 6 heteroatoms. The zero-order valence-corrected chi connectivity index (χ0v) is 19.4. The maximum atomic E-state index is 12.4. The zero-order chi connectivity index (χ0) is 22.4. The van der Waals surface area contributed by atoms with Gasteiger partial charge < -0.3 is 25.0 Å². The largest absolute Gasteiger partial charge is 0.493 e. The normalized spacial score (nSPS) is 18.6. The first-order valence-electron chi connectivity index (χ1n) is 11.2. The molecule has 0 aliphatic carbocycles. The van der Waals surface area contributed by atoms with E-state index in [4.69, 9.17) is 9.47 Å². The number of aryl methyl sites for hydroxylation is 1. The number of amides is 2. The number of fused-ring (bicyclic) bond motifs is 1. The van der Waals surface area contributed by atoms with Gasteiger partial charge in [0.05, 0.1) is 26.8 Å². The van der Waals surface area contributed by atoms with Crippen molar-refractivity contribution in [2.45, 2.75) is 52.2 Å². The number of rotatable bonds is 8. The van der Waals surface area contributed by atoms with Crippen LogP contribution < -0.4 is 25.0 Å². The minimum Gasteiger partial charge on any atom is -0.493 e. The van der Waals surface area contributed by atoms with E-state index in [9.17, 15) is 4.79 Å². The van der Waals surface area contributed by atoms with E-state index in [0.29, 0.717) is 6.54 Å². The molecule has 1 unspecified atom stereocenters. The number of benzene rings is 2. The van der Waals surface area contributed by atoms with E-state index in [1.165, 1.54) is 27.2 Å². The number of carbonyl (C=O) groups excluding carboxylic acids is 1. The summed E-state index contributed by atoms with van der Waals surface area (Å²) in [5.74, 6) is 1.49. The molecule has 1 aliphatic rings. The van der Waals surface area contributed by atoms with Crippen molar-refractivity contribution in [1.82, 2.24) is 10.6 Å². The van der Waals surface area contributed by atoms with Crippen molar-refractivity contribution in [2.75, 3.05) is 27.3 Å². The van der Waals surface area contributed by atoms with E-state index in [1.807, 2.05) is 6.92 Å². The smallest absolute Gasteiger partial charge is 0.315 e. The lowest BCUT2D eigenvalue weighted by Crippen LogP contribution is -3.13. The summed E-state index contributed by atoms with van der Waals surface area (Å²) in [7, 11) is 3.34. The van der Waals surface area contributed by atoms with Gasteiger partial charge in [0.2, 0.25) is 0 Å². The first-order chi connectivity index (χ1) is 15.0. The summed E-state index contributed by atoms with van der Waals surface area (Å²) in [5, 5.41) is 6.11. The molecule has 0 saturated carbocycles. The molecular formula is C25H36N3O3+. The lowest BCUT2D eigenvalue weighted by Gasteiger charge is -2.39. The monoisotopic (exact) mass is 426 g/mol. The highest BCUT2D eigenvalue weighted by Crippen LogP contribution is 2.35. The number of nitrogens with one attached hydrogen (secondary N) is 3. The second-order valence-corrected chi connectivity index (χ2v) is 8.22.